The molecular weight excluding hydrogens is 870 g/mol. The van der Waals surface area contributed by atoms with Gasteiger partial charge in [0.15, 0.2) is 0 Å². The van der Waals surface area contributed by atoms with Crippen LogP contribution in [0.1, 0.15) is 76.8 Å². The summed E-state index contributed by atoms with van der Waals surface area (Å²) in [5.41, 5.74) is -0.400. The quantitative estimate of drug-likeness (QED) is 0.0422. The minimum Gasteiger partial charge on any atom is -0.477 e. The normalized spacial score (nSPS) is 19.6. The predicted octanol–water partition coefficient (Wildman–Crippen LogP) is 0.0869. The summed E-state index contributed by atoms with van der Waals surface area (Å²) in [6, 6.07) is 3.48. The molecule has 0 radical (unpaired) electrons. The lowest BCUT2D eigenvalue weighted by molar-refractivity contribution is -0.310. The number of carbonyl (C=O) groups excluding carboxylic acids is 4. The topological polar surface area (TPSA) is 299 Å². The first-order valence-electron chi connectivity index (χ1n) is 21.5. The number of hydrogen-bond acceptors (Lipinski definition) is 16. The van der Waals surface area contributed by atoms with Gasteiger partial charge in [-0.15, -0.1) is 0 Å². The van der Waals surface area contributed by atoms with E-state index in [2.05, 4.69) is 21.3 Å². The van der Waals surface area contributed by atoms with Gasteiger partial charge >= 0.3 is 12.1 Å². The summed E-state index contributed by atoms with van der Waals surface area (Å²) >= 11 is 0. The van der Waals surface area contributed by atoms with Crippen molar-refractivity contribution in [1.29, 1.82) is 0 Å². The first-order valence-corrected chi connectivity index (χ1v) is 21.5. The van der Waals surface area contributed by atoms with E-state index in [-0.39, 0.29) is 37.5 Å². The van der Waals surface area contributed by atoms with Crippen molar-refractivity contribution in [3.8, 4) is 0 Å². The molecule has 9 N–H and O–H groups in total. The molecule has 23 heteroatoms. The molecule has 372 valence electrons. The summed E-state index contributed by atoms with van der Waals surface area (Å²) in [7, 11) is 0. The highest BCUT2D eigenvalue weighted by Crippen LogP contribution is 2.34. The number of nitrogens with one attached hydrogen (secondary N) is 4. The predicted molar refractivity (Wildman–Crippen MR) is 225 cm³/mol. The number of alkyl halides is 2. The average Bonchev–Trinajstić information content (AvgIpc) is 3.24. The van der Waals surface area contributed by atoms with Crippen molar-refractivity contribution >= 4 is 29.8 Å². The number of unbranched alkanes of at least 4 members (excludes halogenated alkanes) is 3. The Kier molecular flexibility index (Phi) is 27.1. The summed E-state index contributed by atoms with van der Waals surface area (Å²) < 4.78 is 63.8. The Labute approximate surface area is 377 Å². The van der Waals surface area contributed by atoms with Crippen LogP contribution in [-0.2, 0) is 58.8 Å². The number of benzene rings is 1. The molecule has 0 aliphatic carbocycles. The van der Waals surface area contributed by atoms with E-state index in [0.29, 0.717) is 90.6 Å². The van der Waals surface area contributed by atoms with E-state index >= 15 is 0 Å². The lowest BCUT2D eigenvalue weighted by Crippen LogP contribution is -2.68. The number of carboxylic acids is 1. The van der Waals surface area contributed by atoms with Gasteiger partial charge in [0.1, 0.15) is 24.4 Å². The number of aliphatic carboxylic acids is 1. The maximum Gasteiger partial charge on any atom is 0.407 e. The van der Waals surface area contributed by atoms with Crippen LogP contribution < -0.4 is 21.3 Å². The van der Waals surface area contributed by atoms with Crippen molar-refractivity contribution < 1.29 is 91.4 Å². The number of aliphatic hydroxyl groups excluding tert-OH is 4. The highest BCUT2D eigenvalue weighted by atomic mass is 19.3. The zero-order chi connectivity index (χ0) is 48.3. The highest BCUT2D eigenvalue weighted by molar-refractivity contribution is 5.79. The third kappa shape index (κ3) is 23.7. The van der Waals surface area contributed by atoms with E-state index in [1.165, 1.54) is 12.1 Å². The van der Waals surface area contributed by atoms with Crippen LogP contribution in [0, 0.1) is 0 Å². The zero-order valence-corrected chi connectivity index (χ0v) is 37.3. The standard InChI is InChI=1S/C42H68F2N4O17/c1-41(2,3)65-40(58)46-14-17-60-19-21-62-23-22-61-20-18-59-16-13-45-32(52)8-6-4-5-7-15-63-42(39(56)57)25-30(50)35(48-34(54)27-49)37(64-42)36(55)31(51)26-47-33(53)24-28-9-11-29(12-10-28)38(43)44/h9-12,30-31,35-38,49-51,55H,4-8,13-27H2,1-3H3,(H,45,52)(H,46,58)(H,47,53)(H,48,54)(H,56,57)/t30-,31+,35+,36+,37+,42+/m0/s1. The minimum atomic E-state index is -2.69. The lowest BCUT2D eigenvalue weighted by atomic mass is 9.88. The lowest BCUT2D eigenvalue weighted by Gasteiger charge is -2.46. The van der Waals surface area contributed by atoms with Crippen molar-refractivity contribution in [2.24, 2.45) is 0 Å². The summed E-state index contributed by atoms with van der Waals surface area (Å²) in [4.78, 5) is 60.8. The molecule has 1 fully saturated rings. The van der Waals surface area contributed by atoms with Gasteiger partial charge in [-0.3, -0.25) is 14.4 Å². The van der Waals surface area contributed by atoms with Crippen LogP contribution in [0.15, 0.2) is 24.3 Å². The second-order valence-electron chi connectivity index (χ2n) is 16.0. The SMILES string of the molecule is CC(C)(C)OC(=O)NCCOCCOCCOCCOCCNC(=O)CCCCCCO[C@]1(C(=O)O)C[C@H](O)[C@@H](NC(=O)CO)[C@H]([C@H](O)[C@H](O)CNC(=O)Cc2ccc(C(F)F)cc2)O1. The molecule has 2 rings (SSSR count). The summed E-state index contributed by atoms with van der Waals surface area (Å²) in [6.45, 7) is 6.95. The van der Waals surface area contributed by atoms with Gasteiger partial charge in [-0.2, -0.15) is 0 Å². The molecule has 1 heterocycles. The first-order chi connectivity index (χ1) is 30.9. The van der Waals surface area contributed by atoms with Crippen molar-refractivity contribution in [2.45, 2.75) is 114 Å². The maximum absolute atomic E-state index is 12.8. The fourth-order valence-electron chi connectivity index (χ4n) is 6.16. The van der Waals surface area contributed by atoms with Crippen molar-refractivity contribution in [2.75, 3.05) is 85.7 Å². The Balaban J connectivity index is 1.63. The fraction of sp³-hybridized carbons (Fsp3) is 0.738. The molecule has 1 aromatic rings. The third-order valence-corrected chi connectivity index (χ3v) is 9.44. The van der Waals surface area contributed by atoms with Crippen LogP contribution in [0.4, 0.5) is 13.6 Å². The van der Waals surface area contributed by atoms with Crippen LogP contribution in [0.2, 0.25) is 0 Å². The van der Waals surface area contributed by atoms with Gasteiger partial charge in [0, 0.05) is 38.0 Å². The van der Waals surface area contributed by atoms with Crippen LogP contribution in [0.3, 0.4) is 0 Å². The number of rotatable bonds is 33. The molecule has 0 aromatic heterocycles. The molecule has 1 aromatic carbocycles. The Bertz CT molecular complexity index is 1560. The molecule has 21 nitrogen and oxygen atoms in total. The van der Waals surface area contributed by atoms with Gasteiger partial charge in [0.25, 0.3) is 12.2 Å². The molecule has 0 spiro atoms. The Morgan fingerprint density at radius 1 is 0.785 bits per heavy atom. The summed E-state index contributed by atoms with van der Waals surface area (Å²) in [5.74, 6) is -6.00. The van der Waals surface area contributed by atoms with Crippen molar-refractivity contribution in [3.05, 3.63) is 35.4 Å². The molecule has 0 saturated carbocycles. The Morgan fingerprint density at radius 2 is 1.35 bits per heavy atom. The second-order valence-corrected chi connectivity index (χ2v) is 16.0. The van der Waals surface area contributed by atoms with Gasteiger partial charge in [0.2, 0.25) is 17.7 Å². The van der Waals surface area contributed by atoms with Crippen molar-refractivity contribution in [1.82, 2.24) is 21.3 Å². The summed E-state index contributed by atoms with van der Waals surface area (Å²) in [6.07, 6.45) is -9.30. The van der Waals surface area contributed by atoms with E-state index in [4.69, 9.17) is 33.2 Å². The van der Waals surface area contributed by atoms with E-state index < -0.39 is 91.7 Å². The van der Waals surface area contributed by atoms with E-state index in [0.717, 1.165) is 12.1 Å². The smallest absolute Gasteiger partial charge is 0.407 e. The molecule has 1 saturated heterocycles. The minimum absolute atomic E-state index is 0.174. The Hall–Kier alpha value is -4.17. The zero-order valence-electron chi connectivity index (χ0n) is 37.3. The largest absolute Gasteiger partial charge is 0.477 e. The highest BCUT2D eigenvalue weighted by Gasteiger charge is 2.55. The molecular formula is C42H68F2N4O17. The first kappa shape index (κ1) is 57.0. The second kappa shape index (κ2) is 30.9. The van der Waals surface area contributed by atoms with Gasteiger partial charge in [-0.25, -0.2) is 18.4 Å². The molecule has 65 heavy (non-hydrogen) atoms. The molecule has 0 bridgehead atoms. The number of amides is 4. The van der Waals surface area contributed by atoms with Crippen molar-refractivity contribution in [3.63, 3.8) is 0 Å². The van der Waals surface area contributed by atoms with Crippen LogP contribution >= 0.6 is 0 Å². The van der Waals surface area contributed by atoms with E-state index in [1.54, 1.807) is 20.8 Å². The number of hydrogen-bond donors (Lipinski definition) is 9. The number of carboxylic acid groups (broad SMARTS) is 1. The number of halogens is 2. The molecule has 0 unspecified atom stereocenters. The monoisotopic (exact) mass is 938 g/mol. The average molecular weight is 939 g/mol. The van der Waals surface area contributed by atoms with E-state index in [9.17, 15) is 58.3 Å². The van der Waals surface area contributed by atoms with Gasteiger partial charge in [0.05, 0.1) is 84.1 Å². The maximum atomic E-state index is 12.8. The molecule has 6 atom stereocenters. The van der Waals surface area contributed by atoms with Gasteiger partial charge in [-0.1, -0.05) is 37.1 Å². The van der Waals surface area contributed by atoms with Crippen LogP contribution in [0.25, 0.3) is 0 Å². The number of aliphatic hydroxyl groups is 4. The molecule has 4 amide bonds. The number of carbonyl (C=O) groups is 5. The number of alkyl carbamates (subject to hydrolysis) is 1. The fourth-order valence-corrected chi connectivity index (χ4v) is 6.16. The van der Waals surface area contributed by atoms with Crippen LogP contribution in [0.5, 0.6) is 0 Å². The molecule has 1 aliphatic heterocycles. The third-order valence-electron chi connectivity index (χ3n) is 9.44. The molecule has 1 aliphatic rings. The van der Waals surface area contributed by atoms with E-state index in [1.807, 2.05) is 0 Å². The van der Waals surface area contributed by atoms with Crippen LogP contribution in [-0.4, -0.2) is 183 Å². The summed E-state index contributed by atoms with van der Waals surface area (Å²) in [5, 5.41) is 62.2. The van der Waals surface area contributed by atoms with Gasteiger partial charge in [-0.05, 0) is 39.2 Å². The van der Waals surface area contributed by atoms with Gasteiger partial charge < -0.3 is 80.0 Å². The Morgan fingerprint density at radius 3 is 1.91 bits per heavy atom. The number of ether oxygens (including phenoxy) is 7.